The van der Waals surface area contributed by atoms with Gasteiger partial charge in [-0.05, 0) is 26.7 Å². The fraction of sp³-hybridized carbons (Fsp3) is 0.571. The Balaban J connectivity index is 2.01. The normalized spacial score (nSPS) is 21.6. The van der Waals surface area contributed by atoms with E-state index in [1.807, 2.05) is 13.8 Å². The molecule has 0 spiro atoms. The van der Waals surface area contributed by atoms with E-state index in [-0.39, 0.29) is 18.2 Å². The maximum atomic E-state index is 13.9. The summed E-state index contributed by atoms with van der Waals surface area (Å²) < 4.78 is 19.5. The van der Waals surface area contributed by atoms with E-state index in [1.54, 1.807) is 6.07 Å². The molecule has 110 valence electrons. The first-order valence-corrected chi connectivity index (χ1v) is 6.68. The Bertz CT molecular complexity index is 505. The SMILES string of the molecule is CC1(C)CC(NCc2cccc([N+](=O)[O-])c2F)CCO1. The van der Waals surface area contributed by atoms with Crippen molar-refractivity contribution in [3.63, 3.8) is 0 Å². The van der Waals surface area contributed by atoms with Crippen molar-refractivity contribution < 1.29 is 14.1 Å². The quantitative estimate of drug-likeness (QED) is 0.681. The van der Waals surface area contributed by atoms with Crippen LogP contribution in [0.5, 0.6) is 0 Å². The number of hydrogen-bond acceptors (Lipinski definition) is 4. The average Bonchev–Trinajstić information content (AvgIpc) is 2.36. The van der Waals surface area contributed by atoms with Crippen LogP contribution in [0.2, 0.25) is 0 Å². The summed E-state index contributed by atoms with van der Waals surface area (Å²) in [6.45, 7) is 5.00. The highest BCUT2D eigenvalue weighted by molar-refractivity contribution is 5.36. The second kappa shape index (κ2) is 5.85. The lowest BCUT2D eigenvalue weighted by atomic mass is 9.94. The van der Waals surface area contributed by atoms with Crippen LogP contribution < -0.4 is 5.32 Å². The van der Waals surface area contributed by atoms with Crippen LogP contribution in [0, 0.1) is 15.9 Å². The van der Waals surface area contributed by atoms with Gasteiger partial charge in [-0.2, -0.15) is 4.39 Å². The predicted octanol–water partition coefficient (Wildman–Crippen LogP) is 2.78. The fourth-order valence-electron chi connectivity index (χ4n) is 2.50. The molecule has 1 saturated heterocycles. The highest BCUT2D eigenvalue weighted by atomic mass is 19.1. The minimum Gasteiger partial charge on any atom is -0.375 e. The second-order valence-electron chi connectivity index (χ2n) is 5.69. The molecular formula is C14H19FN2O3. The molecule has 0 amide bonds. The zero-order chi connectivity index (χ0) is 14.8. The minimum absolute atomic E-state index is 0.183. The molecule has 1 aliphatic rings. The molecule has 0 radical (unpaired) electrons. The molecule has 0 saturated carbocycles. The van der Waals surface area contributed by atoms with Crippen molar-refractivity contribution in [3.8, 4) is 0 Å². The number of nitrogens with zero attached hydrogens (tertiary/aromatic N) is 1. The first-order chi connectivity index (χ1) is 9.39. The summed E-state index contributed by atoms with van der Waals surface area (Å²) in [6.07, 6.45) is 1.70. The molecule has 1 fully saturated rings. The molecule has 1 aromatic carbocycles. The van der Waals surface area contributed by atoms with Crippen LogP contribution in [0.3, 0.4) is 0 Å². The molecule has 0 aliphatic carbocycles. The van der Waals surface area contributed by atoms with Gasteiger partial charge in [0.2, 0.25) is 5.82 Å². The molecule has 6 heteroatoms. The van der Waals surface area contributed by atoms with E-state index in [2.05, 4.69) is 5.32 Å². The Hall–Kier alpha value is -1.53. The van der Waals surface area contributed by atoms with Gasteiger partial charge >= 0.3 is 5.69 Å². The number of halogens is 1. The fourth-order valence-corrected chi connectivity index (χ4v) is 2.50. The van der Waals surface area contributed by atoms with Crippen molar-refractivity contribution in [2.45, 2.75) is 44.9 Å². The van der Waals surface area contributed by atoms with Crippen molar-refractivity contribution in [2.75, 3.05) is 6.61 Å². The monoisotopic (exact) mass is 282 g/mol. The van der Waals surface area contributed by atoms with Crippen molar-refractivity contribution in [2.24, 2.45) is 0 Å². The van der Waals surface area contributed by atoms with Crippen molar-refractivity contribution in [1.82, 2.24) is 5.32 Å². The van der Waals surface area contributed by atoms with Crippen LogP contribution in [-0.4, -0.2) is 23.2 Å². The van der Waals surface area contributed by atoms with Gasteiger partial charge < -0.3 is 10.1 Å². The van der Waals surface area contributed by atoms with E-state index in [0.29, 0.717) is 12.2 Å². The summed E-state index contributed by atoms with van der Waals surface area (Å²) in [6, 6.07) is 4.49. The summed E-state index contributed by atoms with van der Waals surface area (Å²) in [5.74, 6) is -0.753. The van der Waals surface area contributed by atoms with E-state index >= 15 is 0 Å². The molecule has 1 aromatic rings. The van der Waals surface area contributed by atoms with Gasteiger partial charge in [0.1, 0.15) is 0 Å². The molecule has 1 N–H and O–H groups in total. The Morgan fingerprint density at radius 2 is 2.30 bits per heavy atom. The molecule has 1 unspecified atom stereocenters. The Morgan fingerprint density at radius 1 is 1.55 bits per heavy atom. The smallest absolute Gasteiger partial charge is 0.305 e. The van der Waals surface area contributed by atoms with E-state index in [0.717, 1.165) is 12.8 Å². The van der Waals surface area contributed by atoms with Gasteiger partial charge in [-0.1, -0.05) is 12.1 Å². The lowest BCUT2D eigenvalue weighted by Gasteiger charge is -2.36. The number of nitro benzene ring substituents is 1. The number of rotatable bonds is 4. The zero-order valence-electron chi connectivity index (χ0n) is 11.7. The Kier molecular flexibility index (Phi) is 4.35. The van der Waals surface area contributed by atoms with Gasteiger partial charge in [-0.25, -0.2) is 0 Å². The standard InChI is InChI=1S/C14H19FN2O3/c1-14(2)8-11(6-7-20-14)16-9-10-4-3-5-12(13(10)15)17(18)19/h3-5,11,16H,6-9H2,1-2H3. The van der Waals surface area contributed by atoms with E-state index in [1.165, 1.54) is 12.1 Å². The average molecular weight is 282 g/mol. The van der Waals surface area contributed by atoms with Gasteiger partial charge in [0.15, 0.2) is 0 Å². The summed E-state index contributed by atoms with van der Waals surface area (Å²) in [7, 11) is 0. The van der Waals surface area contributed by atoms with Crippen LogP contribution in [0.1, 0.15) is 32.3 Å². The topological polar surface area (TPSA) is 64.4 Å². The highest BCUT2D eigenvalue weighted by Gasteiger charge is 2.28. The van der Waals surface area contributed by atoms with Gasteiger partial charge in [0, 0.05) is 30.8 Å². The summed E-state index contributed by atoms with van der Waals surface area (Å²) in [4.78, 5) is 10.00. The van der Waals surface area contributed by atoms with E-state index < -0.39 is 16.4 Å². The molecule has 5 nitrogen and oxygen atoms in total. The largest absolute Gasteiger partial charge is 0.375 e. The van der Waals surface area contributed by atoms with Crippen LogP contribution >= 0.6 is 0 Å². The molecular weight excluding hydrogens is 263 g/mol. The van der Waals surface area contributed by atoms with Crippen LogP contribution in [0.15, 0.2) is 18.2 Å². The van der Waals surface area contributed by atoms with Crippen LogP contribution in [0.25, 0.3) is 0 Å². The van der Waals surface area contributed by atoms with Gasteiger partial charge in [0.25, 0.3) is 0 Å². The Labute approximate surface area is 117 Å². The Morgan fingerprint density at radius 3 is 2.95 bits per heavy atom. The number of nitrogens with one attached hydrogen (secondary N) is 1. The number of nitro groups is 1. The van der Waals surface area contributed by atoms with Gasteiger partial charge in [-0.15, -0.1) is 0 Å². The third kappa shape index (κ3) is 3.52. The first-order valence-electron chi connectivity index (χ1n) is 6.68. The molecule has 1 aliphatic heterocycles. The first kappa shape index (κ1) is 14.9. The van der Waals surface area contributed by atoms with Crippen molar-refractivity contribution in [3.05, 3.63) is 39.7 Å². The molecule has 0 bridgehead atoms. The number of benzene rings is 1. The maximum Gasteiger partial charge on any atom is 0.305 e. The highest BCUT2D eigenvalue weighted by Crippen LogP contribution is 2.25. The van der Waals surface area contributed by atoms with Crippen LogP contribution in [0.4, 0.5) is 10.1 Å². The number of ether oxygens (including phenoxy) is 1. The lowest BCUT2D eigenvalue weighted by Crippen LogP contribution is -2.43. The van der Waals surface area contributed by atoms with E-state index in [9.17, 15) is 14.5 Å². The minimum atomic E-state index is -0.753. The van der Waals surface area contributed by atoms with E-state index in [4.69, 9.17) is 4.74 Å². The van der Waals surface area contributed by atoms with Gasteiger partial charge in [0.05, 0.1) is 10.5 Å². The summed E-state index contributed by atoms with van der Waals surface area (Å²) >= 11 is 0. The third-order valence-electron chi connectivity index (χ3n) is 3.53. The van der Waals surface area contributed by atoms with Gasteiger partial charge in [-0.3, -0.25) is 10.1 Å². The molecule has 1 heterocycles. The van der Waals surface area contributed by atoms with Crippen molar-refractivity contribution >= 4 is 5.69 Å². The molecule has 2 rings (SSSR count). The molecule has 20 heavy (non-hydrogen) atoms. The predicted molar refractivity (Wildman–Crippen MR) is 72.9 cm³/mol. The number of hydrogen-bond donors (Lipinski definition) is 1. The van der Waals surface area contributed by atoms with Crippen molar-refractivity contribution in [1.29, 1.82) is 0 Å². The molecule has 0 aromatic heterocycles. The van der Waals surface area contributed by atoms with Crippen LogP contribution in [-0.2, 0) is 11.3 Å². The lowest BCUT2D eigenvalue weighted by molar-refractivity contribution is -0.387. The zero-order valence-corrected chi connectivity index (χ0v) is 11.7. The third-order valence-corrected chi connectivity index (χ3v) is 3.53. The summed E-state index contributed by atoms with van der Waals surface area (Å²) in [5, 5.41) is 14.0. The summed E-state index contributed by atoms with van der Waals surface area (Å²) in [5.41, 5.74) is -0.336. The second-order valence-corrected chi connectivity index (χ2v) is 5.69. The maximum absolute atomic E-state index is 13.9. The molecule has 1 atom stereocenters.